The second-order valence-corrected chi connectivity index (χ2v) is 5.28. The van der Waals surface area contributed by atoms with Crippen LogP contribution in [0.15, 0.2) is 0 Å². The molecular weight excluding hydrogens is 468 g/mol. The van der Waals surface area contributed by atoms with Crippen molar-refractivity contribution in [3.8, 4) is 0 Å². The van der Waals surface area contributed by atoms with Crippen LogP contribution in [-0.4, -0.2) is 38.9 Å². The van der Waals surface area contributed by atoms with Crippen LogP contribution in [0.5, 0.6) is 0 Å². The van der Waals surface area contributed by atoms with Crippen LogP contribution in [0.3, 0.4) is 0 Å². The molecule has 2 atom stereocenters. The summed E-state index contributed by atoms with van der Waals surface area (Å²) in [6.45, 7) is 0.451. The largest absolute Gasteiger partial charge is 0.440 e. The summed E-state index contributed by atoms with van der Waals surface area (Å²) >= 11 is 3.56. The van der Waals surface area contributed by atoms with Crippen molar-refractivity contribution in [2.45, 2.75) is 23.0 Å². The quantitative estimate of drug-likeness (QED) is 0.185. The first kappa shape index (κ1) is 17.8. The highest BCUT2D eigenvalue weighted by atomic mass is 127. The number of ether oxygens (including phenoxy) is 1. The van der Waals surface area contributed by atoms with Gasteiger partial charge >= 0.3 is 5.97 Å². The minimum Gasteiger partial charge on any atom is -0.440 e. The highest BCUT2D eigenvalue weighted by Crippen LogP contribution is 2.05. The summed E-state index contributed by atoms with van der Waals surface area (Å²) < 4.78 is 4.11. The van der Waals surface area contributed by atoms with Crippen LogP contribution in [0.1, 0.15) is 12.8 Å². The fourth-order valence-corrected chi connectivity index (χ4v) is 1.48. The van der Waals surface area contributed by atoms with Crippen molar-refractivity contribution in [1.29, 1.82) is 0 Å². The van der Waals surface area contributed by atoms with Crippen molar-refractivity contribution >= 4 is 63.0 Å². The standard InChI is InChI=1S/C9H15I2N3O4/c10-4-6(15)14-3-1-2-5(12)9(17)18-7(11)8(13)16/h5,7H,1-4,12H2,(H2,13,16)(H,14,15). The molecule has 9 heteroatoms. The van der Waals surface area contributed by atoms with Gasteiger partial charge in [0.05, 0.1) is 4.43 Å². The Morgan fingerprint density at radius 3 is 2.44 bits per heavy atom. The molecule has 0 aromatic rings. The summed E-state index contributed by atoms with van der Waals surface area (Å²) in [5, 5.41) is 2.66. The molecule has 18 heavy (non-hydrogen) atoms. The molecule has 0 aromatic heterocycles. The summed E-state index contributed by atoms with van der Waals surface area (Å²) in [5.41, 5.74) is 10.5. The van der Waals surface area contributed by atoms with Crippen LogP contribution >= 0.6 is 45.2 Å². The second kappa shape index (κ2) is 9.72. The number of rotatable bonds is 8. The molecule has 5 N–H and O–H groups in total. The van der Waals surface area contributed by atoms with Gasteiger partial charge < -0.3 is 21.5 Å². The Morgan fingerprint density at radius 1 is 1.33 bits per heavy atom. The topological polar surface area (TPSA) is 125 Å². The summed E-state index contributed by atoms with van der Waals surface area (Å²) in [4.78, 5) is 33.0. The maximum Gasteiger partial charge on any atom is 0.324 e. The van der Waals surface area contributed by atoms with Gasteiger partial charge in [-0.3, -0.25) is 14.4 Å². The predicted octanol–water partition coefficient (Wildman–Crippen LogP) is -0.565. The van der Waals surface area contributed by atoms with E-state index >= 15 is 0 Å². The first-order chi connectivity index (χ1) is 8.38. The molecule has 104 valence electrons. The van der Waals surface area contributed by atoms with E-state index in [1.165, 1.54) is 0 Å². The molecule has 0 aliphatic heterocycles. The van der Waals surface area contributed by atoms with Crippen molar-refractivity contribution < 1.29 is 19.1 Å². The summed E-state index contributed by atoms with van der Waals surface area (Å²) in [6.07, 6.45) is 0.920. The van der Waals surface area contributed by atoms with Crippen molar-refractivity contribution in [1.82, 2.24) is 5.32 Å². The van der Waals surface area contributed by atoms with E-state index < -0.39 is 22.0 Å². The summed E-state index contributed by atoms with van der Waals surface area (Å²) in [5.74, 6) is -1.47. The highest BCUT2D eigenvalue weighted by molar-refractivity contribution is 14.1. The molecule has 0 heterocycles. The third kappa shape index (κ3) is 8.02. The van der Waals surface area contributed by atoms with Gasteiger partial charge in [0.15, 0.2) is 0 Å². The van der Waals surface area contributed by atoms with E-state index in [0.717, 1.165) is 0 Å². The molecule has 0 fully saturated rings. The molecule has 0 saturated heterocycles. The number of carbonyl (C=O) groups excluding carboxylic acids is 3. The van der Waals surface area contributed by atoms with Crippen molar-refractivity contribution in [2.75, 3.05) is 11.0 Å². The first-order valence-electron chi connectivity index (χ1n) is 5.10. The third-order valence-corrected chi connectivity index (χ3v) is 3.44. The fraction of sp³-hybridized carbons (Fsp3) is 0.667. The van der Waals surface area contributed by atoms with Gasteiger partial charge in [0.1, 0.15) is 6.04 Å². The van der Waals surface area contributed by atoms with E-state index in [-0.39, 0.29) is 5.91 Å². The fourth-order valence-electron chi connectivity index (χ4n) is 0.962. The lowest BCUT2D eigenvalue weighted by atomic mass is 10.2. The number of hydrogen-bond donors (Lipinski definition) is 3. The van der Waals surface area contributed by atoms with E-state index in [0.29, 0.717) is 23.8 Å². The van der Waals surface area contributed by atoms with Crippen molar-refractivity contribution in [2.24, 2.45) is 11.5 Å². The maximum absolute atomic E-state index is 11.4. The Morgan fingerprint density at radius 2 is 1.94 bits per heavy atom. The number of primary amides is 1. The van der Waals surface area contributed by atoms with Gasteiger partial charge in [0.25, 0.3) is 5.91 Å². The van der Waals surface area contributed by atoms with Gasteiger partial charge in [0, 0.05) is 6.54 Å². The van der Waals surface area contributed by atoms with Crippen LogP contribution < -0.4 is 16.8 Å². The SMILES string of the molecule is NC(=O)C(I)OC(=O)C(N)CCCNC(=O)CI. The summed E-state index contributed by atoms with van der Waals surface area (Å²) in [7, 11) is 0. The van der Waals surface area contributed by atoms with Gasteiger partial charge in [-0.15, -0.1) is 0 Å². The van der Waals surface area contributed by atoms with Crippen molar-refractivity contribution in [3.05, 3.63) is 0 Å². The number of nitrogens with two attached hydrogens (primary N) is 2. The van der Waals surface area contributed by atoms with E-state index in [9.17, 15) is 14.4 Å². The molecule has 0 rings (SSSR count). The van der Waals surface area contributed by atoms with Crippen LogP contribution in [0.2, 0.25) is 0 Å². The van der Waals surface area contributed by atoms with Crippen LogP contribution in [0.25, 0.3) is 0 Å². The maximum atomic E-state index is 11.4. The Hall–Kier alpha value is -0.170. The average molecular weight is 483 g/mol. The molecule has 0 aromatic carbocycles. The Bertz CT molecular complexity index is 314. The lowest BCUT2D eigenvalue weighted by Gasteiger charge is -2.13. The Balaban J connectivity index is 3.81. The zero-order chi connectivity index (χ0) is 14.1. The lowest BCUT2D eigenvalue weighted by Crippen LogP contribution is -2.38. The number of alkyl halides is 2. The van der Waals surface area contributed by atoms with E-state index in [1.807, 2.05) is 22.6 Å². The van der Waals surface area contributed by atoms with Gasteiger partial charge in [-0.05, 0) is 35.4 Å². The van der Waals surface area contributed by atoms with Crippen LogP contribution in [0.4, 0.5) is 0 Å². The molecule has 2 unspecified atom stereocenters. The Kier molecular flexibility index (Phi) is 9.63. The molecule has 0 aliphatic carbocycles. The van der Waals surface area contributed by atoms with Gasteiger partial charge in [-0.1, -0.05) is 22.6 Å². The molecule has 7 nitrogen and oxygen atoms in total. The molecular formula is C9H15I2N3O4. The first-order valence-corrected chi connectivity index (χ1v) is 7.87. The predicted molar refractivity (Wildman–Crippen MR) is 82.2 cm³/mol. The zero-order valence-electron chi connectivity index (χ0n) is 9.53. The number of nitrogens with one attached hydrogen (secondary N) is 1. The minimum atomic E-state index is -1.01. The van der Waals surface area contributed by atoms with E-state index in [2.05, 4.69) is 5.32 Å². The van der Waals surface area contributed by atoms with Crippen molar-refractivity contribution in [3.63, 3.8) is 0 Å². The Labute approximate surface area is 132 Å². The van der Waals surface area contributed by atoms with Crippen LogP contribution in [0, 0.1) is 0 Å². The number of esters is 1. The lowest BCUT2D eigenvalue weighted by molar-refractivity contribution is -0.150. The van der Waals surface area contributed by atoms with Gasteiger partial charge in [0.2, 0.25) is 10.0 Å². The van der Waals surface area contributed by atoms with Crippen LogP contribution in [-0.2, 0) is 19.1 Å². The third-order valence-electron chi connectivity index (χ3n) is 1.88. The van der Waals surface area contributed by atoms with E-state index in [4.69, 9.17) is 16.2 Å². The molecule has 0 bridgehead atoms. The van der Waals surface area contributed by atoms with Gasteiger partial charge in [-0.2, -0.15) is 0 Å². The average Bonchev–Trinajstić information content (AvgIpc) is 2.33. The monoisotopic (exact) mass is 483 g/mol. The minimum absolute atomic E-state index is 0.0622. The smallest absolute Gasteiger partial charge is 0.324 e. The second-order valence-electron chi connectivity index (χ2n) is 3.39. The summed E-state index contributed by atoms with van der Waals surface area (Å²) in [6, 6.07) is -0.821. The van der Waals surface area contributed by atoms with Gasteiger partial charge in [-0.25, -0.2) is 0 Å². The zero-order valence-corrected chi connectivity index (χ0v) is 13.8. The number of halogens is 2. The molecule has 2 amide bonds. The molecule has 0 spiro atoms. The number of carbonyl (C=O) groups is 3. The molecule has 0 radical (unpaired) electrons. The number of amides is 2. The normalized spacial score (nSPS) is 13.5. The molecule has 0 saturated carbocycles. The van der Waals surface area contributed by atoms with E-state index in [1.54, 1.807) is 22.6 Å². The molecule has 0 aliphatic rings. The highest BCUT2D eigenvalue weighted by Gasteiger charge is 2.21. The number of hydrogen-bond acceptors (Lipinski definition) is 5.